The minimum atomic E-state index is -0.895. The molecule has 4 fully saturated rings. The Morgan fingerprint density at radius 1 is 1.03 bits per heavy atom. The molecule has 0 amide bonds. The van der Waals surface area contributed by atoms with Crippen LogP contribution in [0.3, 0.4) is 0 Å². The van der Waals surface area contributed by atoms with E-state index in [1.54, 1.807) is 6.26 Å². The van der Waals surface area contributed by atoms with Crippen molar-refractivity contribution in [3.05, 3.63) is 0 Å². The van der Waals surface area contributed by atoms with Crippen molar-refractivity contribution < 1.29 is 9.35 Å². The third-order valence-electron chi connectivity index (χ3n) is 11.0. The van der Waals surface area contributed by atoms with Gasteiger partial charge in [0.15, 0.2) is 5.78 Å². The first kappa shape index (κ1) is 26.0. The maximum atomic E-state index is 13.9. The van der Waals surface area contributed by atoms with Gasteiger partial charge in [-0.25, -0.2) is 0 Å². The van der Waals surface area contributed by atoms with Crippen LogP contribution in [0.4, 0.5) is 0 Å². The molecular weight excluding hydrogens is 428 g/mol. The van der Waals surface area contributed by atoms with E-state index in [0.717, 1.165) is 55.8 Å². The lowest BCUT2D eigenvalue weighted by Crippen LogP contribution is -2.52. The molecule has 0 spiro atoms. The highest BCUT2D eigenvalue weighted by atomic mass is 32.2. The Bertz CT molecular complexity index is 679. The van der Waals surface area contributed by atoms with Gasteiger partial charge in [-0.15, -0.1) is 4.31 Å². The zero-order valence-corrected chi connectivity index (χ0v) is 23.0. The number of piperazine rings is 1. The van der Waals surface area contributed by atoms with E-state index in [2.05, 4.69) is 39.5 Å². The molecule has 4 aliphatic rings. The van der Waals surface area contributed by atoms with Gasteiger partial charge in [0.2, 0.25) is 0 Å². The summed E-state index contributed by atoms with van der Waals surface area (Å²) in [5.74, 6) is 6.15. The van der Waals surface area contributed by atoms with Gasteiger partial charge in [0.25, 0.3) is 0 Å². The number of Topliss-reactive ketones (excluding diaryl/α,β-unsaturated/α-hetero) is 1. The monoisotopic (exact) mass is 478 g/mol. The molecule has 0 N–H and O–H groups in total. The number of hydrogen-bond donors (Lipinski definition) is 0. The van der Waals surface area contributed by atoms with E-state index in [0.29, 0.717) is 24.2 Å². The SMILES string of the molecule is CCCC1C(CC)CCC2C1CCC1(C)C(C(=O)CN3CCN([S+](C)[O-])CC3)C(C)[C@@H](C)C21. The van der Waals surface area contributed by atoms with E-state index in [1.165, 1.54) is 44.9 Å². The quantitative estimate of drug-likeness (QED) is 0.469. The maximum absolute atomic E-state index is 13.9. The van der Waals surface area contributed by atoms with Crippen LogP contribution in [0.15, 0.2) is 0 Å². The summed E-state index contributed by atoms with van der Waals surface area (Å²) in [5.41, 5.74) is 0.180. The maximum Gasteiger partial charge on any atom is 0.150 e. The van der Waals surface area contributed by atoms with Crippen LogP contribution in [0.5, 0.6) is 0 Å². The normalized spacial score (nSPS) is 45.4. The lowest BCUT2D eigenvalue weighted by molar-refractivity contribution is -0.132. The standard InChI is InChI=1S/C28H50N2O2S/c1-7-9-22-21(8-2)10-11-24-23(22)12-13-28(5)26(24)19(3)20(4)27(28)25(31)18-29-14-16-30(17-15-29)33(6)32/h19-24,26-27H,7-18H2,1-6H3/t19-,20?,21?,22?,23?,24?,26?,27?,28?,33?/m1/s1. The molecule has 0 bridgehead atoms. The molecule has 3 aliphatic carbocycles. The van der Waals surface area contributed by atoms with Gasteiger partial charge in [-0.2, -0.15) is 0 Å². The van der Waals surface area contributed by atoms with Crippen LogP contribution in [-0.2, 0) is 16.2 Å². The van der Waals surface area contributed by atoms with Gasteiger partial charge in [-0.05, 0) is 72.5 Å². The molecule has 0 aromatic heterocycles. The van der Waals surface area contributed by atoms with E-state index < -0.39 is 11.4 Å². The van der Waals surface area contributed by atoms with Crippen molar-refractivity contribution in [2.24, 2.45) is 52.8 Å². The third-order valence-corrected chi connectivity index (χ3v) is 12.1. The summed E-state index contributed by atoms with van der Waals surface area (Å²) in [5, 5.41) is 0. The number of nitrogens with zero attached hydrogens (tertiary/aromatic N) is 2. The predicted molar refractivity (Wildman–Crippen MR) is 138 cm³/mol. The van der Waals surface area contributed by atoms with E-state index in [1.807, 2.05) is 4.31 Å². The van der Waals surface area contributed by atoms with E-state index >= 15 is 0 Å². The molecular formula is C28H50N2O2S. The average molecular weight is 479 g/mol. The summed E-state index contributed by atoms with van der Waals surface area (Å²) in [7, 11) is 0. The Labute approximate surface area is 206 Å². The lowest BCUT2D eigenvalue weighted by atomic mass is 9.49. The van der Waals surface area contributed by atoms with Crippen molar-refractivity contribution in [1.29, 1.82) is 0 Å². The highest BCUT2D eigenvalue weighted by Gasteiger charge is 2.62. The summed E-state index contributed by atoms with van der Waals surface area (Å²) < 4.78 is 13.8. The first-order valence-electron chi connectivity index (χ1n) is 14.1. The minimum Gasteiger partial charge on any atom is -0.598 e. The lowest BCUT2D eigenvalue weighted by Gasteiger charge is -2.55. The summed E-state index contributed by atoms with van der Waals surface area (Å²) >= 11 is -0.895. The zero-order valence-electron chi connectivity index (χ0n) is 22.2. The number of ketones is 1. The van der Waals surface area contributed by atoms with Crippen molar-refractivity contribution in [2.75, 3.05) is 39.0 Å². The Hall–Kier alpha value is -0.100. The van der Waals surface area contributed by atoms with E-state index in [9.17, 15) is 9.35 Å². The van der Waals surface area contributed by atoms with Crippen LogP contribution in [0.2, 0.25) is 0 Å². The number of carbonyl (C=O) groups excluding carboxylic acids is 1. The van der Waals surface area contributed by atoms with Crippen LogP contribution in [-0.4, -0.2) is 58.5 Å². The van der Waals surface area contributed by atoms with Gasteiger partial charge in [0.1, 0.15) is 6.26 Å². The van der Waals surface area contributed by atoms with Crippen LogP contribution in [0.25, 0.3) is 0 Å². The molecule has 1 saturated heterocycles. The molecule has 0 aromatic rings. The summed E-state index contributed by atoms with van der Waals surface area (Å²) in [6.45, 7) is 16.1. The van der Waals surface area contributed by atoms with Gasteiger partial charge < -0.3 is 4.55 Å². The Morgan fingerprint density at radius 3 is 2.33 bits per heavy atom. The number of rotatable bonds is 7. The molecule has 1 aliphatic heterocycles. The highest BCUT2D eigenvalue weighted by Crippen LogP contribution is 2.66. The van der Waals surface area contributed by atoms with Crippen LogP contribution >= 0.6 is 0 Å². The molecule has 4 nitrogen and oxygen atoms in total. The molecule has 9 unspecified atom stereocenters. The first-order valence-corrected chi connectivity index (χ1v) is 15.6. The zero-order chi connectivity index (χ0) is 23.9. The van der Waals surface area contributed by atoms with Gasteiger partial charge in [0, 0.05) is 30.4 Å². The topological polar surface area (TPSA) is 46.6 Å². The number of carbonyl (C=O) groups is 1. The summed E-state index contributed by atoms with van der Waals surface area (Å²) in [4.78, 5) is 16.2. The van der Waals surface area contributed by atoms with Crippen LogP contribution < -0.4 is 0 Å². The van der Waals surface area contributed by atoms with E-state index in [4.69, 9.17) is 0 Å². The molecule has 190 valence electrons. The first-order chi connectivity index (χ1) is 15.7. The van der Waals surface area contributed by atoms with Gasteiger partial charge in [-0.3, -0.25) is 9.69 Å². The average Bonchev–Trinajstić information content (AvgIpc) is 2.99. The van der Waals surface area contributed by atoms with Crippen molar-refractivity contribution in [1.82, 2.24) is 9.21 Å². The summed E-state index contributed by atoms with van der Waals surface area (Å²) in [6, 6.07) is 0. The molecule has 10 atom stereocenters. The minimum absolute atomic E-state index is 0.180. The molecule has 1 heterocycles. The third kappa shape index (κ3) is 4.70. The molecule has 4 rings (SSSR count). The summed E-state index contributed by atoms with van der Waals surface area (Å²) in [6.07, 6.45) is 11.3. The van der Waals surface area contributed by atoms with Gasteiger partial charge in [-0.1, -0.05) is 53.9 Å². The second kappa shape index (κ2) is 10.5. The van der Waals surface area contributed by atoms with E-state index in [-0.39, 0.29) is 11.3 Å². The molecule has 33 heavy (non-hydrogen) atoms. The molecule has 0 aromatic carbocycles. The van der Waals surface area contributed by atoms with Crippen LogP contribution in [0.1, 0.15) is 79.6 Å². The van der Waals surface area contributed by atoms with Crippen molar-refractivity contribution >= 4 is 17.1 Å². The van der Waals surface area contributed by atoms with Crippen molar-refractivity contribution in [2.45, 2.75) is 79.6 Å². The number of fused-ring (bicyclic) bond motifs is 3. The highest BCUT2D eigenvalue weighted by molar-refractivity contribution is 7.88. The fourth-order valence-electron chi connectivity index (χ4n) is 9.51. The van der Waals surface area contributed by atoms with Crippen molar-refractivity contribution in [3.8, 4) is 0 Å². The smallest absolute Gasteiger partial charge is 0.150 e. The Morgan fingerprint density at radius 2 is 1.73 bits per heavy atom. The largest absolute Gasteiger partial charge is 0.598 e. The van der Waals surface area contributed by atoms with Crippen LogP contribution in [0, 0.1) is 52.8 Å². The second-order valence-electron chi connectivity index (χ2n) is 12.4. The van der Waals surface area contributed by atoms with Gasteiger partial charge in [0.05, 0.1) is 19.6 Å². The van der Waals surface area contributed by atoms with Gasteiger partial charge >= 0.3 is 0 Å². The Kier molecular flexibility index (Phi) is 8.25. The Balaban J connectivity index is 1.49. The fraction of sp³-hybridized carbons (Fsp3) is 0.964. The molecule has 3 saturated carbocycles. The number of hydrogen-bond acceptors (Lipinski definition) is 4. The molecule has 0 radical (unpaired) electrons. The van der Waals surface area contributed by atoms with Crippen molar-refractivity contribution in [3.63, 3.8) is 0 Å². The second-order valence-corrected chi connectivity index (χ2v) is 13.8. The fourth-order valence-corrected chi connectivity index (χ4v) is 10.2. The predicted octanol–water partition coefficient (Wildman–Crippen LogP) is 5.25. The molecule has 5 heteroatoms.